The molecular weight excluding hydrogens is 485 g/mol. The molecule has 1 aromatic heterocycles. The van der Waals surface area contributed by atoms with E-state index in [9.17, 15) is 23.4 Å². The predicted molar refractivity (Wildman–Crippen MR) is 117 cm³/mol. The number of halogens is 3. The molecule has 2 aromatic rings. The quantitative estimate of drug-likeness (QED) is 0.562. The van der Waals surface area contributed by atoms with Gasteiger partial charge in [-0.1, -0.05) is 10.4 Å². The van der Waals surface area contributed by atoms with Crippen molar-refractivity contribution in [3.8, 4) is 11.3 Å². The Morgan fingerprint density at radius 2 is 1.89 bits per heavy atom. The molecule has 0 saturated carbocycles. The normalized spacial score (nSPS) is 29.8. The lowest BCUT2D eigenvalue weighted by molar-refractivity contribution is -0.210. The first-order valence-electron chi connectivity index (χ1n) is 11.7. The molecule has 3 aliphatic rings. The number of aromatic nitrogens is 3. The molecule has 1 aromatic carbocycles. The molecule has 13 heteroatoms. The van der Waals surface area contributed by atoms with E-state index in [1.807, 2.05) is 0 Å². The zero-order valence-corrected chi connectivity index (χ0v) is 19.5. The maximum absolute atomic E-state index is 13.7. The van der Waals surface area contributed by atoms with E-state index in [0.717, 1.165) is 30.7 Å². The summed E-state index contributed by atoms with van der Waals surface area (Å²) in [5.74, 6) is -4.30. The summed E-state index contributed by atoms with van der Waals surface area (Å²) in [6.07, 6.45) is 0.208. The minimum atomic E-state index is -1.58. The van der Waals surface area contributed by atoms with Gasteiger partial charge < -0.3 is 29.3 Å². The van der Waals surface area contributed by atoms with Crippen molar-refractivity contribution in [2.24, 2.45) is 5.16 Å². The summed E-state index contributed by atoms with van der Waals surface area (Å²) in [5, 5.41) is 33.1. The molecule has 0 bridgehead atoms. The molecule has 2 saturated heterocycles. The highest BCUT2D eigenvalue weighted by atomic mass is 19.2. The number of hydrogen-bond donors (Lipinski definition) is 2. The van der Waals surface area contributed by atoms with Gasteiger partial charge in [-0.25, -0.2) is 17.9 Å². The second kappa shape index (κ2) is 10.1. The van der Waals surface area contributed by atoms with Crippen LogP contribution in [0.5, 0.6) is 0 Å². The molecule has 4 heterocycles. The molecule has 10 nitrogen and oxygen atoms in total. The van der Waals surface area contributed by atoms with Crippen LogP contribution < -0.4 is 0 Å². The first kappa shape index (κ1) is 25.1. The van der Waals surface area contributed by atoms with Gasteiger partial charge in [0.15, 0.2) is 17.5 Å². The number of methoxy groups -OCH3 is 1. The summed E-state index contributed by atoms with van der Waals surface area (Å²) in [6, 6.07) is 0.761. The highest BCUT2D eigenvalue weighted by Gasteiger charge is 2.49. The van der Waals surface area contributed by atoms with Gasteiger partial charge in [0.05, 0.1) is 37.8 Å². The van der Waals surface area contributed by atoms with E-state index < -0.39 is 54.5 Å². The zero-order chi connectivity index (χ0) is 25.4. The maximum atomic E-state index is 13.7. The van der Waals surface area contributed by atoms with Crippen LogP contribution in [0, 0.1) is 17.5 Å². The Kier molecular flexibility index (Phi) is 7.01. The van der Waals surface area contributed by atoms with Gasteiger partial charge in [0, 0.05) is 38.4 Å². The van der Waals surface area contributed by atoms with Gasteiger partial charge in [-0.05, 0) is 12.1 Å². The van der Waals surface area contributed by atoms with Gasteiger partial charge in [0.2, 0.25) is 0 Å². The molecular formula is C23H27F3N4O6. The van der Waals surface area contributed by atoms with Gasteiger partial charge in [0.25, 0.3) is 0 Å². The zero-order valence-electron chi connectivity index (χ0n) is 19.5. The molecule has 3 aliphatic heterocycles. The third-order valence-electron chi connectivity index (χ3n) is 7.07. The van der Waals surface area contributed by atoms with Crippen LogP contribution in [0.15, 0.2) is 23.5 Å². The molecule has 0 unspecified atom stereocenters. The monoisotopic (exact) mass is 512 g/mol. The lowest BCUT2D eigenvalue weighted by Crippen LogP contribution is -2.57. The molecule has 0 amide bonds. The van der Waals surface area contributed by atoms with E-state index in [0.29, 0.717) is 26.1 Å². The fourth-order valence-electron chi connectivity index (χ4n) is 5.14. The average Bonchev–Trinajstić information content (AvgIpc) is 3.51. The van der Waals surface area contributed by atoms with Crippen LogP contribution in [0.3, 0.4) is 0 Å². The number of ether oxygens (including phenoxy) is 3. The Balaban J connectivity index is 1.39. The van der Waals surface area contributed by atoms with E-state index >= 15 is 0 Å². The second-order valence-corrected chi connectivity index (χ2v) is 9.34. The smallest absolute Gasteiger partial charge is 0.194 e. The number of benzene rings is 1. The molecule has 0 radical (unpaired) electrons. The SMILES string of the molecule is CO[C@@H]1[C@@H](n2cc(-c3cc(F)c(F)c(F)c3)nn2)[C@@H](O)[C@@H](CO)O[C@@H]1CC1=NOC2(CCOCC2)C1. The number of aliphatic hydroxyl groups excluding tert-OH is 2. The van der Waals surface area contributed by atoms with Crippen molar-refractivity contribution in [1.29, 1.82) is 0 Å². The number of oxime groups is 1. The van der Waals surface area contributed by atoms with Crippen molar-refractivity contribution in [2.75, 3.05) is 26.9 Å². The summed E-state index contributed by atoms with van der Waals surface area (Å²) in [6.45, 7) is 0.728. The molecule has 0 aliphatic carbocycles. The van der Waals surface area contributed by atoms with Crippen LogP contribution in [0.4, 0.5) is 13.2 Å². The standard InChI is InChI=1S/C23H27F3N4O6/c1-33-22-17(8-13-9-23(36-28-13)2-4-34-5-3-23)35-18(11-31)21(32)20(22)30-10-16(27-29-30)12-6-14(24)19(26)15(25)7-12/h6-7,10,17-18,20-22,31-32H,2-5,8-9,11H2,1H3/t17-,18-,20+,21+,22+/m1/s1. The van der Waals surface area contributed by atoms with Crippen LogP contribution >= 0.6 is 0 Å². The minimum Gasteiger partial charge on any atom is -0.394 e. The molecule has 36 heavy (non-hydrogen) atoms. The van der Waals surface area contributed by atoms with Crippen LogP contribution in [-0.4, -0.2) is 87.9 Å². The van der Waals surface area contributed by atoms with Crippen molar-refractivity contribution >= 4 is 5.71 Å². The Bertz CT molecular complexity index is 1100. The van der Waals surface area contributed by atoms with Gasteiger partial charge in [-0.3, -0.25) is 0 Å². The maximum Gasteiger partial charge on any atom is 0.194 e. The van der Waals surface area contributed by atoms with E-state index in [1.165, 1.54) is 18.0 Å². The minimum absolute atomic E-state index is 0.0253. The summed E-state index contributed by atoms with van der Waals surface area (Å²) < 4.78 is 59.3. The molecule has 1 spiro atoms. The summed E-state index contributed by atoms with van der Waals surface area (Å²) in [5.41, 5.74) is 0.420. The summed E-state index contributed by atoms with van der Waals surface area (Å²) >= 11 is 0. The lowest BCUT2D eigenvalue weighted by atomic mass is 9.85. The first-order chi connectivity index (χ1) is 17.3. The predicted octanol–water partition coefficient (Wildman–Crippen LogP) is 1.75. The third kappa shape index (κ3) is 4.61. The van der Waals surface area contributed by atoms with Crippen LogP contribution in [0.2, 0.25) is 0 Å². The number of nitrogens with zero attached hydrogens (tertiary/aromatic N) is 4. The lowest BCUT2D eigenvalue weighted by Gasteiger charge is -2.43. The van der Waals surface area contributed by atoms with Gasteiger partial charge in [-0.15, -0.1) is 5.10 Å². The Morgan fingerprint density at radius 3 is 2.56 bits per heavy atom. The molecule has 2 fully saturated rings. The Labute approximate surface area is 204 Å². The van der Waals surface area contributed by atoms with E-state index in [1.54, 1.807) is 0 Å². The van der Waals surface area contributed by atoms with E-state index in [4.69, 9.17) is 19.0 Å². The van der Waals surface area contributed by atoms with Gasteiger partial charge >= 0.3 is 0 Å². The third-order valence-corrected chi connectivity index (χ3v) is 7.07. The Hall–Kier alpha value is -2.58. The first-order valence-corrected chi connectivity index (χ1v) is 11.7. The number of aliphatic hydroxyl groups is 2. The molecule has 5 atom stereocenters. The molecule has 2 N–H and O–H groups in total. The fourth-order valence-corrected chi connectivity index (χ4v) is 5.14. The number of hydrogen-bond acceptors (Lipinski definition) is 9. The summed E-state index contributed by atoms with van der Waals surface area (Å²) in [7, 11) is 1.45. The van der Waals surface area contributed by atoms with Crippen LogP contribution in [0.1, 0.15) is 31.7 Å². The van der Waals surface area contributed by atoms with Crippen LogP contribution in [-0.2, 0) is 19.0 Å². The van der Waals surface area contributed by atoms with E-state index in [-0.39, 0.29) is 16.9 Å². The largest absolute Gasteiger partial charge is 0.394 e. The van der Waals surface area contributed by atoms with Gasteiger partial charge in [-0.2, -0.15) is 0 Å². The average molecular weight is 512 g/mol. The highest BCUT2D eigenvalue weighted by Crippen LogP contribution is 2.38. The van der Waals surface area contributed by atoms with Crippen molar-refractivity contribution in [3.05, 3.63) is 35.8 Å². The fraction of sp³-hybridized carbons (Fsp3) is 0.609. The van der Waals surface area contributed by atoms with Crippen LogP contribution in [0.25, 0.3) is 11.3 Å². The highest BCUT2D eigenvalue weighted by molar-refractivity contribution is 5.86. The molecule has 5 rings (SSSR count). The van der Waals surface area contributed by atoms with Crippen molar-refractivity contribution in [3.63, 3.8) is 0 Å². The summed E-state index contributed by atoms with van der Waals surface area (Å²) in [4.78, 5) is 5.77. The second-order valence-electron chi connectivity index (χ2n) is 9.34. The topological polar surface area (TPSA) is 120 Å². The van der Waals surface area contributed by atoms with Crippen molar-refractivity contribution in [2.45, 2.75) is 61.7 Å². The van der Waals surface area contributed by atoms with Gasteiger partial charge in [0.1, 0.15) is 35.6 Å². The molecule has 196 valence electrons. The van der Waals surface area contributed by atoms with Crippen molar-refractivity contribution < 1.29 is 42.4 Å². The number of rotatable bonds is 6. The Morgan fingerprint density at radius 1 is 1.17 bits per heavy atom. The van der Waals surface area contributed by atoms with E-state index in [2.05, 4.69) is 15.5 Å². The van der Waals surface area contributed by atoms with Crippen molar-refractivity contribution in [1.82, 2.24) is 15.0 Å².